The fraction of sp³-hybridized carbons (Fsp3) is 0.273. The molecule has 0 radical (unpaired) electrons. The molecule has 4 aromatic rings. The van der Waals surface area contributed by atoms with Gasteiger partial charge in [-0.15, -0.1) is 0 Å². The summed E-state index contributed by atoms with van der Waals surface area (Å²) in [5.41, 5.74) is 3.05. The summed E-state index contributed by atoms with van der Waals surface area (Å²) in [6, 6.07) is 29.0. The lowest BCUT2D eigenvalue weighted by atomic mass is 10.0. The third-order valence-corrected chi connectivity index (χ3v) is 7.39. The van der Waals surface area contributed by atoms with Crippen LogP contribution in [0.2, 0.25) is 0 Å². The molecule has 0 aliphatic rings. The fourth-order valence-corrected chi connectivity index (χ4v) is 5.14. The second-order valence-electron chi connectivity index (χ2n) is 10.2. The summed E-state index contributed by atoms with van der Waals surface area (Å²) in [6.07, 6.45) is 0.405. The highest BCUT2D eigenvalue weighted by Crippen LogP contribution is 2.33. The number of hydrogen-bond acceptors (Lipinski definition) is 3. The third-order valence-electron chi connectivity index (χ3n) is 6.57. The molecule has 0 aromatic heterocycles. The number of rotatable bonds is 11. The Morgan fingerprint density at radius 1 is 0.897 bits per heavy atom. The van der Waals surface area contributed by atoms with Gasteiger partial charge < -0.3 is 15.0 Å². The zero-order valence-corrected chi connectivity index (χ0v) is 24.3. The van der Waals surface area contributed by atoms with E-state index >= 15 is 0 Å². The van der Waals surface area contributed by atoms with Gasteiger partial charge in [0.2, 0.25) is 5.91 Å². The summed E-state index contributed by atoms with van der Waals surface area (Å²) in [6.45, 7) is 6.78. The molecule has 1 atom stereocenters. The van der Waals surface area contributed by atoms with Crippen LogP contribution in [0.1, 0.15) is 30.5 Å². The molecule has 0 heterocycles. The van der Waals surface area contributed by atoms with E-state index in [-0.39, 0.29) is 18.4 Å². The number of hydrogen-bond donors (Lipinski definition) is 1. The molecule has 0 fully saturated rings. The molecule has 39 heavy (non-hydrogen) atoms. The molecule has 0 aliphatic carbocycles. The van der Waals surface area contributed by atoms with E-state index in [9.17, 15) is 9.59 Å². The summed E-state index contributed by atoms with van der Waals surface area (Å²) in [5, 5.41) is 5.14. The molecule has 0 unspecified atom stereocenters. The van der Waals surface area contributed by atoms with Gasteiger partial charge in [-0.2, -0.15) is 0 Å². The first-order valence-electron chi connectivity index (χ1n) is 13.3. The molecule has 4 aromatic carbocycles. The Labute approximate surface area is 239 Å². The molecule has 0 aliphatic heterocycles. The highest BCUT2D eigenvalue weighted by atomic mass is 79.9. The normalized spacial score (nSPS) is 11.8. The molecule has 4 rings (SSSR count). The summed E-state index contributed by atoms with van der Waals surface area (Å²) < 4.78 is 6.86. The van der Waals surface area contributed by atoms with Crippen LogP contribution in [0, 0.1) is 12.8 Å². The van der Waals surface area contributed by atoms with Crippen LogP contribution in [0.5, 0.6) is 5.75 Å². The Hall–Kier alpha value is -3.64. The van der Waals surface area contributed by atoms with Crippen molar-refractivity contribution >= 4 is 38.5 Å². The molecular weight excluding hydrogens is 552 g/mol. The predicted octanol–water partition coefficient (Wildman–Crippen LogP) is 6.70. The number of fused-ring (bicyclic) bond motifs is 1. The minimum Gasteiger partial charge on any atom is -0.483 e. The molecule has 202 valence electrons. The second-order valence-corrected chi connectivity index (χ2v) is 11.0. The second kappa shape index (κ2) is 13.4. The molecule has 0 saturated carbocycles. The summed E-state index contributed by atoms with van der Waals surface area (Å²) in [4.78, 5) is 29.1. The van der Waals surface area contributed by atoms with E-state index in [2.05, 4.69) is 35.1 Å². The van der Waals surface area contributed by atoms with Gasteiger partial charge in [-0.3, -0.25) is 9.59 Å². The molecule has 0 spiro atoms. The van der Waals surface area contributed by atoms with Crippen LogP contribution in [0.4, 0.5) is 0 Å². The minimum absolute atomic E-state index is 0.166. The van der Waals surface area contributed by atoms with Crippen LogP contribution in [0.3, 0.4) is 0 Å². The Bertz CT molecular complexity index is 1420. The molecule has 1 N–H and O–H groups in total. The van der Waals surface area contributed by atoms with Gasteiger partial charge in [0, 0.05) is 19.5 Å². The smallest absolute Gasteiger partial charge is 0.261 e. The monoisotopic (exact) mass is 586 g/mol. The van der Waals surface area contributed by atoms with Gasteiger partial charge in [0.15, 0.2) is 6.61 Å². The Kier molecular flexibility index (Phi) is 9.77. The lowest BCUT2D eigenvalue weighted by Crippen LogP contribution is -2.52. The number of benzene rings is 4. The Balaban J connectivity index is 1.63. The van der Waals surface area contributed by atoms with Crippen LogP contribution < -0.4 is 10.1 Å². The van der Waals surface area contributed by atoms with Crippen molar-refractivity contribution in [3.63, 3.8) is 0 Å². The van der Waals surface area contributed by atoms with E-state index in [1.807, 2.05) is 97.9 Å². The van der Waals surface area contributed by atoms with Gasteiger partial charge >= 0.3 is 0 Å². The first-order chi connectivity index (χ1) is 18.8. The van der Waals surface area contributed by atoms with Crippen molar-refractivity contribution in [1.29, 1.82) is 0 Å². The maximum absolute atomic E-state index is 13.9. The zero-order valence-electron chi connectivity index (χ0n) is 22.7. The quantitative estimate of drug-likeness (QED) is 0.213. The zero-order chi connectivity index (χ0) is 27.8. The van der Waals surface area contributed by atoms with Gasteiger partial charge in [-0.1, -0.05) is 104 Å². The third kappa shape index (κ3) is 7.70. The van der Waals surface area contributed by atoms with Crippen molar-refractivity contribution in [3.8, 4) is 5.75 Å². The van der Waals surface area contributed by atoms with Crippen LogP contribution in [-0.2, 0) is 22.6 Å². The Morgan fingerprint density at radius 3 is 2.36 bits per heavy atom. The van der Waals surface area contributed by atoms with Crippen LogP contribution >= 0.6 is 15.9 Å². The van der Waals surface area contributed by atoms with Gasteiger partial charge in [-0.25, -0.2) is 0 Å². The fourth-order valence-electron chi connectivity index (χ4n) is 4.53. The average molecular weight is 588 g/mol. The highest BCUT2D eigenvalue weighted by molar-refractivity contribution is 9.10. The van der Waals surface area contributed by atoms with Crippen molar-refractivity contribution in [2.45, 2.75) is 39.8 Å². The molecule has 0 saturated heterocycles. The van der Waals surface area contributed by atoms with E-state index in [0.717, 1.165) is 31.9 Å². The molecule has 0 bridgehead atoms. The van der Waals surface area contributed by atoms with Crippen molar-refractivity contribution in [2.24, 2.45) is 5.92 Å². The standard InChI is InChI=1S/C33H35BrN2O3/c1-23(2)20-35-33(38)29(19-25-11-5-4-6-12-25)36(21-26-13-9-10-24(3)18-26)31(37)22-39-30-17-16-27-14-7-8-15-28(27)32(30)34/h4-18,23,29H,19-22H2,1-3H3,(H,35,38)/t29-/m1/s1. The van der Waals surface area contributed by atoms with Crippen LogP contribution in [0.25, 0.3) is 10.8 Å². The number of nitrogens with one attached hydrogen (secondary N) is 1. The number of ether oxygens (including phenoxy) is 1. The first-order valence-corrected chi connectivity index (χ1v) is 14.1. The first kappa shape index (κ1) is 28.4. The van der Waals surface area contributed by atoms with E-state index in [0.29, 0.717) is 31.2 Å². The van der Waals surface area contributed by atoms with E-state index < -0.39 is 6.04 Å². The van der Waals surface area contributed by atoms with Crippen LogP contribution in [0.15, 0.2) is 95.5 Å². The van der Waals surface area contributed by atoms with Gasteiger partial charge in [0.05, 0.1) is 4.47 Å². The van der Waals surface area contributed by atoms with E-state index in [1.54, 1.807) is 4.90 Å². The summed E-state index contributed by atoms with van der Waals surface area (Å²) >= 11 is 3.65. The van der Waals surface area contributed by atoms with Crippen molar-refractivity contribution in [1.82, 2.24) is 10.2 Å². The summed E-state index contributed by atoms with van der Waals surface area (Å²) in [5.74, 6) is 0.458. The minimum atomic E-state index is -0.692. The number of carbonyl (C=O) groups excluding carboxylic acids is 2. The van der Waals surface area contributed by atoms with Crippen LogP contribution in [-0.4, -0.2) is 35.9 Å². The number of halogens is 1. The highest BCUT2D eigenvalue weighted by Gasteiger charge is 2.31. The lowest BCUT2D eigenvalue weighted by molar-refractivity contribution is -0.142. The average Bonchev–Trinajstić information content (AvgIpc) is 2.94. The largest absolute Gasteiger partial charge is 0.483 e. The topological polar surface area (TPSA) is 58.6 Å². The summed E-state index contributed by atoms with van der Waals surface area (Å²) in [7, 11) is 0. The molecular formula is C33H35BrN2O3. The molecule has 5 nitrogen and oxygen atoms in total. The van der Waals surface area contributed by atoms with Gasteiger partial charge in [0.1, 0.15) is 11.8 Å². The number of carbonyl (C=O) groups is 2. The maximum atomic E-state index is 13.9. The molecule has 6 heteroatoms. The van der Waals surface area contributed by atoms with E-state index in [1.165, 1.54) is 0 Å². The molecule has 2 amide bonds. The van der Waals surface area contributed by atoms with Gasteiger partial charge in [0.25, 0.3) is 5.91 Å². The van der Waals surface area contributed by atoms with Crippen molar-refractivity contribution in [3.05, 3.63) is 112 Å². The maximum Gasteiger partial charge on any atom is 0.261 e. The number of amides is 2. The Morgan fingerprint density at radius 2 is 1.62 bits per heavy atom. The number of aryl methyl sites for hydroxylation is 1. The lowest BCUT2D eigenvalue weighted by Gasteiger charge is -2.32. The van der Waals surface area contributed by atoms with E-state index in [4.69, 9.17) is 4.74 Å². The number of nitrogens with zero attached hydrogens (tertiary/aromatic N) is 1. The van der Waals surface area contributed by atoms with Crippen molar-refractivity contribution < 1.29 is 14.3 Å². The SMILES string of the molecule is Cc1cccc(CN(C(=O)COc2ccc3ccccc3c2Br)[C@H](Cc2ccccc2)C(=O)NCC(C)C)c1. The predicted molar refractivity (Wildman–Crippen MR) is 161 cm³/mol. The van der Waals surface area contributed by atoms with Crippen molar-refractivity contribution in [2.75, 3.05) is 13.2 Å². The van der Waals surface area contributed by atoms with Gasteiger partial charge in [-0.05, 0) is 56.7 Å².